The van der Waals surface area contributed by atoms with Gasteiger partial charge in [0.1, 0.15) is 11.4 Å². The van der Waals surface area contributed by atoms with Gasteiger partial charge in [0.05, 0.1) is 29.6 Å². The molecule has 1 heterocycles. The van der Waals surface area contributed by atoms with Crippen molar-refractivity contribution >= 4 is 23.1 Å². The summed E-state index contributed by atoms with van der Waals surface area (Å²) in [5.74, 6) is 0.199. The summed E-state index contributed by atoms with van der Waals surface area (Å²) in [4.78, 5) is 12.5. The second kappa shape index (κ2) is 5.32. The number of aryl methyl sites for hydroxylation is 1. The van der Waals surface area contributed by atoms with Crippen molar-refractivity contribution in [1.29, 1.82) is 0 Å². The van der Waals surface area contributed by atoms with Crippen molar-refractivity contribution in [1.82, 2.24) is 9.78 Å². The van der Waals surface area contributed by atoms with Crippen LogP contribution in [-0.2, 0) is 6.54 Å². The smallest absolute Gasteiger partial charge is 0.214 e. The minimum absolute atomic E-state index is 0.263. The molecule has 0 bridgehead atoms. The molecule has 2 rings (SSSR count). The molecule has 0 aliphatic heterocycles. The number of carbonyl (C=O) groups excluding carboxylic acids is 1. The number of hydrogen-bond acceptors (Lipinski definition) is 4. The van der Waals surface area contributed by atoms with Crippen LogP contribution in [0, 0.1) is 0 Å². The average molecular weight is 280 g/mol. The Morgan fingerprint density at radius 2 is 2.26 bits per heavy atom. The van der Waals surface area contributed by atoms with Gasteiger partial charge < -0.3 is 10.5 Å². The molecule has 0 saturated heterocycles. The molecule has 0 unspecified atom stereocenters. The van der Waals surface area contributed by atoms with E-state index in [4.69, 9.17) is 22.1 Å². The molecule has 0 radical (unpaired) electrons. The van der Waals surface area contributed by atoms with Gasteiger partial charge >= 0.3 is 0 Å². The summed E-state index contributed by atoms with van der Waals surface area (Å²) in [5.41, 5.74) is 6.92. The Morgan fingerprint density at radius 1 is 1.53 bits per heavy atom. The zero-order valence-corrected chi connectivity index (χ0v) is 11.4. The molecule has 0 amide bonds. The highest BCUT2D eigenvalue weighted by Crippen LogP contribution is 2.28. The monoisotopic (exact) mass is 279 g/mol. The van der Waals surface area contributed by atoms with Crippen molar-refractivity contribution < 1.29 is 9.53 Å². The predicted molar refractivity (Wildman–Crippen MR) is 73.7 cm³/mol. The van der Waals surface area contributed by atoms with E-state index in [9.17, 15) is 4.79 Å². The molecule has 2 N–H and O–H groups in total. The third-order valence-electron chi connectivity index (χ3n) is 2.84. The highest BCUT2D eigenvalue weighted by Gasteiger charge is 2.21. The first kappa shape index (κ1) is 13.4. The van der Waals surface area contributed by atoms with E-state index >= 15 is 0 Å². The Labute approximate surface area is 115 Å². The summed E-state index contributed by atoms with van der Waals surface area (Å²) in [5, 5.41) is 4.36. The first-order valence-electron chi connectivity index (χ1n) is 5.78. The standard InChI is InChI=1S/C13H14ClN3O2/c1-3-17-12(9(14)7-16-17)13(18)8-5-4-6-10(19-2)11(8)15/h4-7H,3,15H2,1-2H3. The number of carbonyl (C=O) groups is 1. The lowest BCUT2D eigenvalue weighted by Crippen LogP contribution is -2.13. The summed E-state index contributed by atoms with van der Waals surface area (Å²) >= 11 is 6.02. The second-order valence-corrected chi connectivity index (χ2v) is 4.31. The number of halogens is 1. The first-order valence-corrected chi connectivity index (χ1v) is 6.16. The number of hydrogen-bond donors (Lipinski definition) is 1. The summed E-state index contributed by atoms with van der Waals surface area (Å²) in [6, 6.07) is 5.05. The number of ketones is 1. The third-order valence-corrected chi connectivity index (χ3v) is 3.12. The molecule has 0 spiro atoms. The highest BCUT2D eigenvalue weighted by molar-refractivity contribution is 6.34. The minimum Gasteiger partial charge on any atom is -0.495 e. The first-order chi connectivity index (χ1) is 9.10. The lowest BCUT2D eigenvalue weighted by Gasteiger charge is -2.10. The molecule has 1 aromatic heterocycles. The molecule has 6 heteroatoms. The summed E-state index contributed by atoms with van der Waals surface area (Å²) in [6.07, 6.45) is 1.45. The molecule has 2 aromatic rings. The molecule has 100 valence electrons. The SMILES string of the molecule is CCn1ncc(Cl)c1C(=O)c1cccc(OC)c1N. The van der Waals surface area contributed by atoms with Crippen LogP contribution in [0.25, 0.3) is 0 Å². The fraction of sp³-hybridized carbons (Fsp3) is 0.231. The summed E-state index contributed by atoms with van der Waals surface area (Å²) in [6.45, 7) is 2.44. The maximum absolute atomic E-state index is 12.5. The Kier molecular flexibility index (Phi) is 3.76. The van der Waals surface area contributed by atoms with Gasteiger partial charge in [0.15, 0.2) is 0 Å². The molecule has 5 nitrogen and oxygen atoms in total. The van der Waals surface area contributed by atoms with Crippen LogP contribution in [0.1, 0.15) is 23.0 Å². The highest BCUT2D eigenvalue weighted by atomic mass is 35.5. The van der Waals surface area contributed by atoms with E-state index < -0.39 is 0 Å². The van der Waals surface area contributed by atoms with Crippen LogP contribution in [0.3, 0.4) is 0 Å². The van der Waals surface area contributed by atoms with Gasteiger partial charge in [-0.1, -0.05) is 17.7 Å². The molecule has 19 heavy (non-hydrogen) atoms. The van der Waals surface area contributed by atoms with Crippen molar-refractivity contribution in [3.8, 4) is 5.75 Å². The third kappa shape index (κ3) is 2.29. The van der Waals surface area contributed by atoms with E-state index in [0.717, 1.165) is 0 Å². The van der Waals surface area contributed by atoms with E-state index in [-0.39, 0.29) is 5.78 Å². The van der Waals surface area contributed by atoms with Crippen LogP contribution in [0.4, 0.5) is 5.69 Å². The zero-order valence-electron chi connectivity index (χ0n) is 10.7. The molecule has 0 saturated carbocycles. The number of nitrogen functional groups attached to an aromatic ring is 1. The lowest BCUT2D eigenvalue weighted by atomic mass is 10.1. The number of aromatic nitrogens is 2. The van der Waals surface area contributed by atoms with Gasteiger partial charge in [0, 0.05) is 6.54 Å². The van der Waals surface area contributed by atoms with Crippen molar-refractivity contribution in [2.75, 3.05) is 12.8 Å². The molecule has 0 aliphatic rings. The number of rotatable bonds is 4. The van der Waals surface area contributed by atoms with E-state index in [1.54, 1.807) is 22.9 Å². The minimum atomic E-state index is -0.263. The van der Waals surface area contributed by atoms with E-state index in [1.807, 2.05) is 6.92 Å². The predicted octanol–water partition coefficient (Wildman–Crippen LogP) is 2.38. The summed E-state index contributed by atoms with van der Waals surface area (Å²) in [7, 11) is 1.50. The average Bonchev–Trinajstić information content (AvgIpc) is 2.79. The number of benzene rings is 1. The van der Waals surface area contributed by atoms with Gasteiger partial charge in [-0.15, -0.1) is 0 Å². The van der Waals surface area contributed by atoms with Crippen LogP contribution in [0.15, 0.2) is 24.4 Å². The molecular formula is C13H14ClN3O2. The maximum atomic E-state index is 12.5. The number of para-hydroxylation sites is 1. The number of anilines is 1. The van der Waals surface area contributed by atoms with Crippen LogP contribution in [-0.4, -0.2) is 22.7 Å². The van der Waals surface area contributed by atoms with Gasteiger partial charge in [0.2, 0.25) is 5.78 Å². The van der Waals surface area contributed by atoms with Crippen LogP contribution in [0.5, 0.6) is 5.75 Å². The van der Waals surface area contributed by atoms with E-state index in [1.165, 1.54) is 13.3 Å². The quantitative estimate of drug-likeness (QED) is 0.689. The maximum Gasteiger partial charge on any atom is 0.214 e. The Balaban J connectivity index is 2.53. The normalized spacial score (nSPS) is 10.5. The van der Waals surface area contributed by atoms with Crippen LogP contribution >= 0.6 is 11.6 Å². The van der Waals surface area contributed by atoms with Crippen LogP contribution < -0.4 is 10.5 Å². The lowest BCUT2D eigenvalue weighted by molar-refractivity contribution is 0.103. The van der Waals surface area contributed by atoms with E-state index in [0.29, 0.717) is 34.3 Å². The topological polar surface area (TPSA) is 70.1 Å². The molecule has 0 fully saturated rings. The fourth-order valence-electron chi connectivity index (χ4n) is 1.88. The number of nitrogens with two attached hydrogens (primary N) is 1. The zero-order chi connectivity index (χ0) is 14.0. The Bertz CT molecular complexity index is 622. The van der Waals surface area contributed by atoms with Crippen molar-refractivity contribution in [2.24, 2.45) is 0 Å². The van der Waals surface area contributed by atoms with Gasteiger partial charge in [-0.2, -0.15) is 5.10 Å². The Morgan fingerprint density at radius 3 is 2.89 bits per heavy atom. The molecule has 0 atom stereocenters. The van der Waals surface area contributed by atoms with Crippen molar-refractivity contribution in [2.45, 2.75) is 13.5 Å². The van der Waals surface area contributed by atoms with Gasteiger partial charge in [-0.25, -0.2) is 0 Å². The van der Waals surface area contributed by atoms with E-state index in [2.05, 4.69) is 5.10 Å². The summed E-state index contributed by atoms with van der Waals surface area (Å²) < 4.78 is 6.65. The molecule has 1 aromatic carbocycles. The largest absolute Gasteiger partial charge is 0.495 e. The van der Waals surface area contributed by atoms with Gasteiger partial charge in [-0.3, -0.25) is 9.48 Å². The van der Waals surface area contributed by atoms with Gasteiger partial charge in [0.25, 0.3) is 0 Å². The number of ether oxygens (including phenoxy) is 1. The van der Waals surface area contributed by atoms with Gasteiger partial charge in [-0.05, 0) is 19.1 Å². The van der Waals surface area contributed by atoms with Crippen molar-refractivity contribution in [3.05, 3.63) is 40.7 Å². The van der Waals surface area contributed by atoms with Crippen LogP contribution in [0.2, 0.25) is 5.02 Å². The Hall–Kier alpha value is -2.01. The molecular weight excluding hydrogens is 266 g/mol. The number of nitrogens with zero attached hydrogens (tertiary/aromatic N) is 2. The fourth-order valence-corrected chi connectivity index (χ4v) is 2.10. The second-order valence-electron chi connectivity index (χ2n) is 3.91. The molecule has 0 aliphatic carbocycles. The van der Waals surface area contributed by atoms with Crippen molar-refractivity contribution in [3.63, 3.8) is 0 Å². The number of methoxy groups -OCH3 is 1.